The van der Waals surface area contributed by atoms with Crippen LogP contribution in [0.2, 0.25) is 0 Å². The summed E-state index contributed by atoms with van der Waals surface area (Å²) in [5.74, 6) is 0. The van der Waals surface area contributed by atoms with E-state index in [1.54, 1.807) is 0 Å². The van der Waals surface area contributed by atoms with Crippen molar-refractivity contribution in [2.24, 2.45) is 0 Å². The van der Waals surface area contributed by atoms with Crippen molar-refractivity contribution in [1.29, 1.82) is 0 Å². The number of aliphatic hydroxyl groups is 1. The lowest BCUT2D eigenvalue weighted by Crippen LogP contribution is -2.69. The normalized spacial score (nSPS) is 27.8. The third kappa shape index (κ3) is 6.18. The maximum Gasteiger partial charge on any atom is 0.184 e. The zero-order valence-electron chi connectivity index (χ0n) is 22.2. The molecule has 3 unspecified atom stereocenters. The van der Waals surface area contributed by atoms with Crippen molar-refractivity contribution in [1.82, 2.24) is 0 Å². The molecule has 0 spiro atoms. The van der Waals surface area contributed by atoms with E-state index in [9.17, 15) is 5.11 Å². The quantitative estimate of drug-likeness (QED) is 0.284. The number of ether oxygens (including phenoxy) is 5. The Morgan fingerprint density at radius 2 is 0.825 bits per heavy atom. The van der Waals surface area contributed by atoms with Crippen molar-refractivity contribution in [2.45, 2.75) is 62.7 Å². The Kier molecular flexibility index (Phi) is 8.64. The van der Waals surface area contributed by atoms with E-state index < -0.39 is 42.9 Å². The predicted octanol–water partition coefficient (Wildman–Crippen LogP) is 5.60. The molecule has 6 rings (SSSR count). The first-order chi connectivity index (χ1) is 19.8. The lowest BCUT2D eigenvalue weighted by atomic mass is 9.83. The van der Waals surface area contributed by atoms with Gasteiger partial charge in [0.15, 0.2) is 6.29 Å². The Labute approximate surface area is 235 Å². The highest BCUT2D eigenvalue weighted by molar-refractivity contribution is 5.19. The highest BCUT2D eigenvalue weighted by Crippen LogP contribution is 2.42. The molecule has 2 fully saturated rings. The Morgan fingerprint density at radius 3 is 1.23 bits per heavy atom. The lowest BCUT2D eigenvalue weighted by molar-refractivity contribution is -0.373. The summed E-state index contributed by atoms with van der Waals surface area (Å²) in [5, 5.41) is 11.7. The highest BCUT2D eigenvalue weighted by atomic mass is 16.7. The summed E-state index contributed by atoms with van der Waals surface area (Å²) in [6.07, 6.45) is -4.72. The second-order valence-corrected chi connectivity index (χ2v) is 10.2. The van der Waals surface area contributed by atoms with E-state index in [2.05, 4.69) is 0 Å². The third-order valence-corrected chi connectivity index (χ3v) is 7.46. The van der Waals surface area contributed by atoms with Crippen LogP contribution in [0, 0.1) is 0 Å². The Balaban J connectivity index is 1.31. The van der Waals surface area contributed by atoms with E-state index in [0.29, 0.717) is 19.8 Å². The summed E-state index contributed by atoms with van der Waals surface area (Å²) >= 11 is 0. The van der Waals surface area contributed by atoms with Gasteiger partial charge >= 0.3 is 0 Å². The van der Waals surface area contributed by atoms with Gasteiger partial charge in [-0.3, -0.25) is 0 Å². The molecule has 1 aliphatic heterocycles. The van der Waals surface area contributed by atoms with Gasteiger partial charge in [-0.2, -0.15) is 0 Å². The smallest absolute Gasteiger partial charge is 0.184 e. The van der Waals surface area contributed by atoms with Crippen LogP contribution >= 0.6 is 0 Å². The minimum atomic E-state index is -0.990. The molecule has 0 amide bonds. The average molecular weight is 539 g/mol. The van der Waals surface area contributed by atoms with Crippen LogP contribution in [0.5, 0.6) is 0 Å². The van der Waals surface area contributed by atoms with Gasteiger partial charge < -0.3 is 28.8 Å². The fourth-order valence-corrected chi connectivity index (χ4v) is 5.41. The van der Waals surface area contributed by atoms with E-state index in [1.807, 2.05) is 121 Å². The summed E-state index contributed by atoms with van der Waals surface area (Å²) in [6, 6.07) is 39.7. The maximum atomic E-state index is 11.7. The molecule has 40 heavy (non-hydrogen) atoms. The standard InChI is InChI=1S/C34H34O6/c35-28-29(36-21-24-13-5-1-6-14-24)32-31(38-23-26-17-9-3-10-18-26)33(30(28)37-22-25-15-7-2-8-16-25)40-34(39-32)27-19-11-4-12-20-27/h1-20,28-35H,21-23H2/t28?,29-,30+,31?,32+,33-,34?. The molecule has 2 bridgehead atoms. The molecule has 6 heteroatoms. The van der Waals surface area contributed by atoms with Gasteiger partial charge in [0.05, 0.1) is 19.8 Å². The zero-order valence-corrected chi connectivity index (χ0v) is 22.2. The molecule has 1 heterocycles. The second kappa shape index (κ2) is 12.9. The maximum absolute atomic E-state index is 11.7. The number of hydrogen-bond donors (Lipinski definition) is 1. The first-order valence-electron chi connectivity index (χ1n) is 13.8. The van der Waals surface area contributed by atoms with Crippen LogP contribution in [0.15, 0.2) is 121 Å². The third-order valence-electron chi connectivity index (χ3n) is 7.46. The van der Waals surface area contributed by atoms with Crippen molar-refractivity contribution in [3.63, 3.8) is 0 Å². The molecule has 6 nitrogen and oxygen atoms in total. The van der Waals surface area contributed by atoms with Gasteiger partial charge in [-0.05, 0) is 16.7 Å². The summed E-state index contributed by atoms with van der Waals surface area (Å²) in [6.45, 7) is 1.01. The van der Waals surface area contributed by atoms with Gasteiger partial charge in [0, 0.05) is 5.56 Å². The van der Waals surface area contributed by atoms with Crippen molar-refractivity contribution in [2.75, 3.05) is 0 Å². The molecular formula is C34H34O6. The topological polar surface area (TPSA) is 66.4 Å². The van der Waals surface area contributed by atoms with E-state index in [4.69, 9.17) is 23.7 Å². The summed E-state index contributed by atoms with van der Waals surface area (Å²) in [5.41, 5.74) is 3.94. The highest BCUT2D eigenvalue weighted by Gasteiger charge is 2.58. The van der Waals surface area contributed by atoms with Crippen molar-refractivity contribution in [3.8, 4) is 0 Å². The Hall–Kier alpha value is -3.36. The molecule has 0 radical (unpaired) electrons. The van der Waals surface area contributed by atoms with Gasteiger partial charge in [-0.25, -0.2) is 0 Å². The number of aliphatic hydroxyl groups excluding tert-OH is 1. The largest absolute Gasteiger partial charge is 0.387 e. The molecule has 2 aliphatic rings. The number of rotatable bonds is 10. The minimum absolute atomic E-state index is 0.320. The van der Waals surface area contributed by atoms with Gasteiger partial charge in [-0.15, -0.1) is 0 Å². The fourth-order valence-electron chi connectivity index (χ4n) is 5.41. The zero-order chi connectivity index (χ0) is 27.1. The Morgan fingerprint density at radius 1 is 0.475 bits per heavy atom. The first-order valence-corrected chi connectivity index (χ1v) is 13.8. The van der Waals surface area contributed by atoms with E-state index in [-0.39, 0.29) is 0 Å². The number of benzene rings is 4. The SMILES string of the molecule is OC1[C@@H](OCc2ccccc2)[C@@H]2OC(c3ccccc3)O[C@@H](C2OCc2ccccc2)[C@H]1OCc1ccccc1. The van der Waals surface area contributed by atoms with Crippen molar-refractivity contribution in [3.05, 3.63) is 144 Å². The van der Waals surface area contributed by atoms with E-state index in [0.717, 1.165) is 22.3 Å². The van der Waals surface area contributed by atoms with Gasteiger partial charge in [0.1, 0.15) is 36.6 Å². The summed E-state index contributed by atoms with van der Waals surface area (Å²) in [4.78, 5) is 0. The lowest BCUT2D eigenvalue weighted by Gasteiger charge is -2.53. The molecule has 1 aliphatic carbocycles. The van der Waals surface area contributed by atoms with Crippen LogP contribution in [0.25, 0.3) is 0 Å². The number of fused-ring (bicyclic) bond motifs is 2. The molecule has 1 saturated heterocycles. The summed E-state index contributed by atoms with van der Waals surface area (Å²) in [7, 11) is 0. The molecule has 0 aromatic heterocycles. The molecule has 4 aromatic carbocycles. The van der Waals surface area contributed by atoms with Gasteiger partial charge in [0.2, 0.25) is 0 Å². The molecule has 4 aromatic rings. The predicted molar refractivity (Wildman–Crippen MR) is 150 cm³/mol. The Bertz CT molecular complexity index is 1180. The van der Waals surface area contributed by atoms with Crippen LogP contribution < -0.4 is 0 Å². The number of hydrogen-bond acceptors (Lipinski definition) is 6. The fraction of sp³-hybridized carbons (Fsp3) is 0.294. The van der Waals surface area contributed by atoms with Crippen molar-refractivity contribution >= 4 is 0 Å². The van der Waals surface area contributed by atoms with Crippen LogP contribution in [-0.2, 0) is 43.5 Å². The minimum Gasteiger partial charge on any atom is -0.387 e. The molecule has 7 atom stereocenters. The van der Waals surface area contributed by atoms with Crippen LogP contribution in [0.4, 0.5) is 0 Å². The van der Waals surface area contributed by atoms with E-state index in [1.165, 1.54) is 0 Å². The molecular weight excluding hydrogens is 504 g/mol. The van der Waals surface area contributed by atoms with Crippen LogP contribution in [0.3, 0.4) is 0 Å². The molecule has 1 N–H and O–H groups in total. The second-order valence-electron chi connectivity index (χ2n) is 10.2. The van der Waals surface area contributed by atoms with Crippen LogP contribution in [-0.4, -0.2) is 41.7 Å². The molecule has 1 saturated carbocycles. The van der Waals surface area contributed by atoms with Gasteiger partial charge in [0.25, 0.3) is 0 Å². The summed E-state index contributed by atoms with van der Waals surface area (Å²) < 4.78 is 32.4. The average Bonchev–Trinajstić information content (AvgIpc) is 3.02. The van der Waals surface area contributed by atoms with Gasteiger partial charge in [-0.1, -0.05) is 121 Å². The monoisotopic (exact) mass is 538 g/mol. The first kappa shape index (κ1) is 26.8. The van der Waals surface area contributed by atoms with E-state index >= 15 is 0 Å². The molecule has 206 valence electrons. The van der Waals surface area contributed by atoms with Crippen molar-refractivity contribution < 1.29 is 28.8 Å². The van der Waals surface area contributed by atoms with Crippen LogP contribution in [0.1, 0.15) is 28.5 Å².